The van der Waals surface area contributed by atoms with Gasteiger partial charge in [-0.25, -0.2) is 4.79 Å². The predicted molar refractivity (Wildman–Crippen MR) is 36.0 cm³/mol. The maximum absolute atomic E-state index is 10.1. The molecule has 0 radical (unpaired) electrons. The zero-order chi connectivity index (χ0) is 6.69. The molecule has 0 spiro atoms. The third kappa shape index (κ3) is 2.05. The zero-order valence-electron chi connectivity index (χ0n) is 4.91. The van der Waals surface area contributed by atoms with E-state index in [0.717, 1.165) is 31.3 Å². The Bertz CT molecular complexity index is 155. The lowest BCUT2D eigenvalue weighted by Gasteiger charge is -1.85. The smallest absolute Gasteiger partial charge is 0.433 e. The molecule has 0 atom stereocenters. The van der Waals surface area contributed by atoms with Crippen LogP contribution in [0.3, 0.4) is 0 Å². The monoisotopic (exact) mass is 146 g/mol. The molecular weight excluding hydrogens is 138 g/mol. The fourth-order valence-electron chi connectivity index (χ4n) is 0.757. The number of hydrogen-bond donors (Lipinski definition) is 1. The molecule has 9 heavy (non-hydrogen) atoms. The standard InChI is InChI=1S/C5H7NO2S/c7-5(8)9-6-3-1-2-4-6/h3H,1-2,4H2/p+1. The quantitative estimate of drug-likeness (QED) is 0.446. The summed E-state index contributed by atoms with van der Waals surface area (Å²) in [4.78, 5) is 10.1. The SMILES string of the molecule is O=C(O)S[N+]1=CCCC1. The normalized spacial score (nSPS) is 17.6. The number of carboxylic acid groups (broad SMARTS) is 1. The van der Waals surface area contributed by atoms with Crippen LogP contribution in [-0.4, -0.2) is 27.1 Å². The second-order valence-corrected chi connectivity index (χ2v) is 2.82. The van der Waals surface area contributed by atoms with E-state index in [1.807, 2.05) is 6.21 Å². The maximum atomic E-state index is 10.1. The first-order valence-electron chi connectivity index (χ1n) is 2.80. The Hall–Kier alpha value is -0.510. The van der Waals surface area contributed by atoms with Gasteiger partial charge in [0, 0.05) is 12.8 Å². The van der Waals surface area contributed by atoms with Gasteiger partial charge in [-0.05, 0) is 0 Å². The van der Waals surface area contributed by atoms with Crippen molar-refractivity contribution in [1.82, 2.24) is 0 Å². The molecule has 1 N–H and O–H groups in total. The van der Waals surface area contributed by atoms with Crippen LogP contribution >= 0.6 is 11.9 Å². The molecule has 4 heteroatoms. The Labute approximate surface area is 57.5 Å². The molecule has 0 aromatic heterocycles. The molecule has 0 saturated carbocycles. The lowest BCUT2D eigenvalue weighted by atomic mass is 10.4. The number of nitrogens with zero attached hydrogens (tertiary/aromatic N) is 1. The van der Waals surface area contributed by atoms with E-state index >= 15 is 0 Å². The molecule has 1 heterocycles. The van der Waals surface area contributed by atoms with Gasteiger partial charge in [0.15, 0.2) is 12.8 Å². The molecule has 0 aliphatic carbocycles. The first-order chi connectivity index (χ1) is 4.29. The van der Waals surface area contributed by atoms with E-state index in [4.69, 9.17) is 5.11 Å². The summed E-state index contributed by atoms with van der Waals surface area (Å²) >= 11 is 0.856. The number of hydrogen-bond acceptors (Lipinski definition) is 2. The Balaban J connectivity index is 2.35. The van der Waals surface area contributed by atoms with Crippen LogP contribution in [0.4, 0.5) is 4.79 Å². The highest BCUT2D eigenvalue weighted by Gasteiger charge is 2.17. The Morgan fingerprint density at radius 3 is 3.00 bits per heavy atom. The van der Waals surface area contributed by atoms with Crippen molar-refractivity contribution >= 4 is 23.5 Å². The van der Waals surface area contributed by atoms with E-state index in [0.29, 0.717) is 0 Å². The van der Waals surface area contributed by atoms with Crippen LogP contribution in [0.15, 0.2) is 0 Å². The average molecular weight is 146 g/mol. The molecule has 0 unspecified atom stereocenters. The van der Waals surface area contributed by atoms with Gasteiger partial charge in [0.05, 0.1) is 0 Å². The molecule has 0 saturated heterocycles. The summed E-state index contributed by atoms with van der Waals surface area (Å²) < 4.78 is 1.75. The number of rotatable bonds is 1. The Morgan fingerprint density at radius 2 is 2.56 bits per heavy atom. The van der Waals surface area contributed by atoms with Gasteiger partial charge in [0.1, 0.15) is 0 Å². The summed E-state index contributed by atoms with van der Waals surface area (Å²) in [5.41, 5.74) is 0. The van der Waals surface area contributed by atoms with Gasteiger partial charge < -0.3 is 5.11 Å². The fourth-order valence-corrected chi connectivity index (χ4v) is 1.36. The van der Waals surface area contributed by atoms with Gasteiger partial charge in [-0.2, -0.15) is 3.98 Å². The van der Waals surface area contributed by atoms with E-state index < -0.39 is 5.30 Å². The minimum absolute atomic E-state index is 0.826. The van der Waals surface area contributed by atoms with Gasteiger partial charge in [-0.3, -0.25) is 0 Å². The predicted octanol–water partition coefficient (Wildman–Crippen LogP) is 1.19. The largest absolute Gasteiger partial charge is 0.469 e. The van der Waals surface area contributed by atoms with Crippen LogP contribution in [0.5, 0.6) is 0 Å². The van der Waals surface area contributed by atoms with Crippen LogP contribution in [0.2, 0.25) is 0 Å². The lowest BCUT2D eigenvalue weighted by Crippen LogP contribution is -2.01. The van der Waals surface area contributed by atoms with Crippen molar-refractivity contribution in [2.75, 3.05) is 6.54 Å². The topological polar surface area (TPSA) is 40.3 Å². The molecule has 3 nitrogen and oxygen atoms in total. The molecule has 50 valence electrons. The van der Waals surface area contributed by atoms with Crippen LogP contribution in [0, 0.1) is 0 Å². The molecule has 1 aliphatic heterocycles. The molecule has 0 fully saturated rings. The highest BCUT2D eigenvalue weighted by Crippen LogP contribution is 2.08. The average Bonchev–Trinajstić information content (AvgIpc) is 2.15. The van der Waals surface area contributed by atoms with Gasteiger partial charge in [-0.15, -0.1) is 0 Å². The lowest BCUT2D eigenvalue weighted by molar-refractivity contribution is -0.330. The molecule has 1 aliphatic rings. The molecule has 0 aromatic rings. The summed E-state index contributed by atoms with van der Waals surface area (Å²) in [6.45, 7) is 0.872. The summed E-state index contributed by atoms with van der Waals surface area (Å²) in [5, 5.41) is 7.45. The Morgan fingerprint density at radius 1 is 1.78 bits per heavy atom. The van der Waals surface area contributed by atoms with Gasteiger partial charge in [0.2, 0.25) is 0 Å². The molecular formula is C5H8NO2S+. The highest BCUT2D eigenvalue weighted by molar-refractivity contribution is 8.07. The first kappa shape index (κ1) is 6.61. The molecule has 1 rings (SSSR count). The van der Waals surface area contributed by atoms with Crippen LogP contribution in [0.25, 0.3) is 0 Å². The van der Waals surface area contributed by atoms with Crippen molar-refractivity contribution < 1.29 is 13.9 Å². The van der Waals surface area contributed by atoms with Crippen molar-refractivity contribution in [3.8, 4) is 0 Å². The second kappa shape index (κ2) is 2.87. The second-order valence-electron chi connectivity index (χ2n) is 1.82. The highest BCUT2D eigenvalue weighted by atomic mass is 32.2. The van der Waals surface area contributed by atoms with Crippen LogP contribution < -0.4 is 0 Å². The van der Waals surface area contributed by atoms with E-state index in [9.17, 15) is 4.79 Å². The van der Waals surface area contributed by atoms with Crippen molar-refractivity contribution in [2.24, 2.45) is 0 Å². The summed E-state index contributed by atoms with van der Waals surface area (Å²) in [6, 6.07) is 0. The van der Waals surface area contributed by atoms with Gasteiger partial charge in [0.25, 0.3) is 11.9 Å². The van der Waals surface area contributed by atoms with E-state index in [1.54, 1.807) is 3.98 Å². The van der Waals surface area contributed by atoms with E-state index in [-0.39, 0.29) is 0 Å². The summed E-state index contributed by atoms with van der Waals surface area (Å²) in [7, 11) is 0. The maximum Gasteiger partial charge on any atom is 0.433 e. The van der Waals surface area contributed by atoms with E-state index in [1.165, 1.54) is 0 Å². The number of carbonyl (C=O) groups is 1. The van der Waals surface area contributed by atoms with Gasteiger partial charge >= 0.3 is 5.30 Å². The molecule has 0 bridgehead atoms. The van der Waals surface area contributed by atoms with Crippen molar-refractivity contribution in [3.05, 3.63) is 0 Å². The van der Waals surface area contributed by atoms with Crippen molar-refractivity contribution in [3.63, 3.8) is 0 Å². The minimum atomic E-state index is -0.826. The van der Waals surface area contributed by atoms with Crippen molar-refractivity contribution in [1.29, 1.82) is 0 Å². The molecule has 0 aromatic carbocycles. The van der Waals surface area contributed by atoms with Gasteiger partial charge in [-0.1, -0.05) is 0 Å². The van der Waals surface area contributed by atoms with Crippen LogP contribution in [0.1, 0.15) is 12.8 Å². The third-order valence-corrected chi connectivity index (χ3v) is 1.83. The third-order valence-electron chi connectivity index (χ3n) is 1.11. The first-order valence-corrected chi connectivity index (χ1v) is 3.57. The van der Waals surface area contributed by atoms with Crippen LogP contribution in [-0.2, 0) is 0 Å². The summed E-state index contributed by atoms with van der Waals surface area (Å²) in [5.74, 6) is 0. The summed E-state index contributed by atoms with van der Waals surface area (Å²) in [6.07, 6.45) is 4.01. The zero-order valence-corrected chi connectivity index (χ0v) is 5.73. The Kier molecular flexibility index (Phi) is 2.10. The molecule has 0 amide bonds. The van der Waals surface area contributed by atoms with Crippen molar-refractivity contribution in [2.45, 2.75) is 12.8 Å². The minimum Gasteiger partial charge on any atom is -0.469 e. The fraction of sp³-hybridized carbons (Fsp3) is 0.600. The van der Waals surface area contributed by atoms with E-state index in [2.05, 4.69) is 0 Å².